The number of hydrogen-bond acceptors (Lipinski definition) is 2. The zero-order valence-electron chi connectivity index (χ0n) is 23.1. The molecule has 200 valence electrons. The Morgan fingerprint density at radius 2 is 1.08 bits per heavy atom. The lowest BCUT2D eigenvalue weighted by Crippen LogP contribution is -2.15. The van der Waals surface area contributed by atoms with Crippen LogP contribution in [-0.4, -0.2) is 19.9 Å². The van der Waals surface area contributed by atoms with E-state index in [4.69, 9.17) is 9.97 Å². The molecule has 2 heterocycles. The third kappa shape index (κ3) is 4.18. The summed E-state index contributed by atoms with van der Waals surface area (Å²) in [5.41, 5.74) is 11.4. The second-order valence-corrected chi connectivity index (χ2v) is 13.1. The van der Waals surface area contributed by atoms with Crippen molar-refractivity contribution >= 4 is 0 Å². The zero-order valence-corrected chi connectivity index (χ0v) is 23.1. The molecular formula is C35H40N4. The quantitative estimate of drug-likeness (QED) is 0.278. The number of H-pyrrole nitrogens is 2. The molecule has 4 aliphatic carbocycles. The molecule has 2 aromatic heterocycles. The van der Waals surface area contributed by atoms with E-state index in [2.05, 4.69) is 52.6 Å². The maximum absolute atomic E-state index is 4.87. The van der Waals surface area contributed by atoms with Crippen LogP contribution < -0.4 is 0 Å². The van der Waals surface area contributed by atoms with Gasteiger partial charge in [-0.2, -0.15) is 0 Å². The molecule has 4 heteroatoms. The first-order chi connectivity index (χ1) is 19.2. The van der Waals surface area contributed by atoms with Crippen LogP contribution in [0.2, 0.25) is 0 Å². The highest BCUT2D eigenvalue weighted by Gasteiger charge is 2.41. The van der Waals surface area contributed by atoms with Crippen molar-refractivity contribution in [3.8, 4) is 33.6 Å². The molecule has 0 atom stereocenters. The Kier molecular flexibility index (Phi) is 5.78. The maximum atomic E-state index is 4.87. The van der Waals surface area contributed by atoms with E-state index in [9.17, 15) is 0 Å². The summed E-state index contributed by atoms with van der Waals surface area (Å²) < 4.78 is 0. The highest BCUT2D eigenvalue weighted by Crippen LogP contribution is 2.53. The van der Waals surface area contributed by atoms with Crippen molar-refractivity contribution in [2.45, 2.75) is 102 Å². The predicted octanol–water partition coefficient (Wildman–Crippen LogP) is 9.11. The van der Waals surface area contributed by atoms with Crippen LogP contribution in [0.3, 0.4) is 0 Å². The molecule has 4 aromatic rings. The molecule has 39 heavy (non-hydrogen) atoms. The smallest absolute Gasteiger partial charge is 0.109 e. The molecule has 0 aliphatic heterocycles. The van der Waals surface area contributed by atoms with Gasteiger partial charge >= 0.3 is 0 Å². The Hall–Kier alpha value is -3.14. The van der Waals surface area contributed by atoms with Crippen molar-refractivity contribution < 1.29 is 0 Å². The molecule has 1 spiro atoms. The van der Waals surface area contributed by atoms with Crippen molar-refractivity contribution in [3.05, 3.63) is 71.6 Å². The fraction of sp³-hybridized carbons (Fsp3) is 0.486. The van der Waals surface area contributed by atoms with E-state index in [1.807, 2.05) is 6.20 Å². The number of nitrogens with zero attached hydrogens (tertiary/aromatic N) is 2. The molecule has 4 aliphatic rings. The van der Waals surface area contributed by atoms with Crippen LogP contribution >= 0.6 is 0 Å². The molecule has 8 rings (SSSR count). The van der Waals surface area contributed by atoms with Gasteiger partial charge in [-0.25, -0.2) is 9.97 Å². The van der Waals surface area contributed by atoms with Crippen molar-refractivity contribution in [2.75, 3.05) is 0 Å². The topological polar surface area (TPSA) is 57.4 Å². The van der Waals surface area contributed by atoms with Crippen molar-refractivity contribution in [1.29, 1.82) is 0 Å². The molecular weight excluding hydrogens is 476 g/mol. The number of fused-ring (bicyclic) bond motifs is 1. The molecule has 2 aromatic carbocycles. The van der Waals surface area contributed by atoms with Gasteiger partial charge in [0.2, 0.25) is 0 Å². The molecule has 0 amide bonds. The number of aromatic nitrogens is 4. The van der Waals surface area contributed by atoms with Crippen LogP contribution in [0.25, 0.3) is 33.6 Å². The van der Waals surface area contributed by atoms with Crippen molar-refractivity contribution in [2.24, 2.45) is 5.41 Å². The molecule has 3 saturated carbocycles. The number of nitrogens with one attached hydrogen (secondary N) is 2. The number of rotatable bonds is 5. The van der Waals surface area contributed by atoms with Gasteiger partial charge in [0.05, 0.1) is 23.8 Å². The van der Waals surface area contributed by atoms with E-state index in [1.165, 1.54) is 129 Å². The summed E-state index contributed by atoms with van der Waals surface area (Å²) in [5, 5.41) is 0. The lowest BCUT2D eigenvalue weighted by molar-refractivity contribution is 0.318. The van der Waals surface area contributed by atoms with Crippen LogP contribution in [0, 0.1) is 5.41 Å². The molecule has 3 fully saturated rings. The van der Waals surface area contributed by atoms with Crippen LogP contribution in [0.1, 0.15) is 112 Å². The summed E-state index contributed by atoms with van der Waals surface area (Å²) in [6.45, 7) is 0. The average molecular weight is 517 g/mol. The van der Waals surface area contributed by atoms with Crippen molar-refractivity contribution in [1.82, 2.24) is 19.9 Å². The Morgan fingerprint density at radius 1 is 0.564 bits per heavy atom. The summed E-state index contributed by atoms with van der Waals surface area (Å²) in [6.07, 6.45) is 22.6. The van der Waals surface area contributed by atoms with Crippen molar-refractivity contribution in [3.63, 3.8) is 0 Å². The molecule has 0 bridgehead atoms. The molecule has 0 saturated heterocycles. The third-order valence-electron chi connectivity index (χ3n) is 10.7. The maximum Gasteiger partial charge on any atom is 0.109 e. The number of aromatic amines is 2. The normalized spacial score (nSPS) is 20.9. The highest BCUT2D eigenvalue weighted by atomic mass is 14.9. The number of hydrogen-bond donors (Lipinski definition) is 2. The summed E-state index contributed by atoms with van der Waals surface area (Å²) in [5.74, 6) is 3.62. The van der Waals surface area contributed by atoms with Gasteiger partial charge in [-0.05, 0) is 84.6 Å². The van der Waals surface area contributed by atoms with E-state index in [0.717, 1.165) is 5.69 Å². The fourth-order valence-electron chi connectivity index (χ4n) is 8.51. The minimum atomic E-state index is 0.466. The van der Waals surface area contributed by atoms with Crippen LogP contribution in [-0.2, 0) is 12.8 Å². The molecule has 2 N–H and O–H groups in total. The minimum Gasteiger partial charge on any atom is -0.342 e. The largest absolute Gasteiger partial charge is 0.342 e. The first-order valence-electron chi connectivity index (χ1n) is 15.6. The Labute approximate surface area is 232 Å². The number of benzene rings is 2. The van der Waals surface area contributed by atoms with E-state index in [1.54, 1.807) is 11.1 Å². The van der Waals surface area contributed by atoms with Gasteiger partial charge in [0, 0.05) is 17.4 Å². The average Bonchev–Trinajstić information content (AvgIpc) is 3.81. The number of imidazole rings is 2. The van der Waals surface area contributed by atoms with Crippen LogP contribution in [0.15, 0.2) is 48.8 Å². The summed E-state index contributed by atoms with van der Waals surface area (Å²) in [4.78, 5) is 17.0. The highest BCUT2D eigenvalue weighted by molar-refractivity contribution is 5.78. The Bertz CT molecular complexity index is 1470. The monoisotopic (exact) mass is 516 g/mol. The molecule has 0 radical (unpaired) electrons. The van der Waals surface area contributed by atoms with Gasteiger partial charge in [0.15, 0.2) is 0 Å². The predicted molar refractivity (Wildman–Crippen MR) is 158 cm³/mol. The Balaban J connectivity index is 1.13. The lowest BCUT2D eigenvalue weighted by Gasteiger charge is -2.22. The standard InChI is InChI=1S/C35H40N4/c1-2-8-25(7-1)33-36-21-31(38-33)24-13-11-23(12-14-24)27-15-16-28(30-20-35(19-29(27)30)17-5-6-18-35)32-22-37-34(39-32)26-9-3-4-10-26/h11-16,21-22,25-26H,1-10,17-20H2,(H,36,38)(H,37,39). The van der Waals surface area contributed by atoms with Gasteiger partial charge in [-0.1, -0.05) is 74.9 Å². The fourth-order valence-corrected chi connectivity index (χ4v) is 8.51. The summed E-state index contributed by atoms with van der Waals surface area (Å²) in [6, 6.07) is 14.0. The third-order valence-corrected chi connectivity index (χ3v) is 10.7. The lowest BCUT2D eigenvalue weighted by atomic mass is 9.82. The second-order valence-electron chi connectivity index (χ2n) is 13.1. The van der Waals surface area contributed by atoms with Gasteiger partial charge in [-0.3, -0.25) is 0 Å². The first-order valence-corrected chi connectivity index (χ1v) is 15.6. The van der Waals surface area contributed by atoms with Gasteiger partial charge in [0.1, 0.15) is 11.6 Å². The Morgan fingerprint density at radius 3 is 1.72 bits per heavy atom. The van der Waals surface area contributed by atoms with E-state index >= 15 is 0 Å². The van der Waals surface area contributed by atoms with Crippen LogP contribution in [0.4, 0.5) is 0 Å². The minimum absolute atomic E-state index is 0.466. The van der Waals surface area contributed by atoms with E-state index in [0.29, 0.717) is 17.3 Å². The SMILES string of the molecule is c1cc(-c2ccc(-c3cnc(C4CCCC4)[nH]3)c3c2CC2(CCCC2)C3)ccc1-c1cnc(C2CCCC2)[nH]1. The zero-order chi connectivity index (χ0) is 25.8. The van der Waals surface area contributed by atoms with Gasteiger partial charge in [0.25, 0.3) is 0 Å². The van der Waals surface area contributed by atoms with Crippen LogP contribution in [0.5, 0.6) is 0 Å². The molecule has 0 unspecified atom stereocenters. The second kappa shape index (κ2) is 9.50. The first kappa shape index (κ1) is 23.7. The summed E-state index contributed by atoms with van der Waals surface area (Å²) >= 11 is 0. The van der Waals surface area contributed by atoms with E-state index < -0.39 is 0 Å². The van der Waals surface area contributed by atoms with E-state index in [-0.39, 0.29) is 0 Å². The summed E-state index contributed by atoms with van der Waals surface area (Å²) in [7, 11) is 0. The van der Waals surface area contributed by atoms with Gasteiger partial charge in [-0.15, -0.1) is 0 Å². The molecule has 4 nitrogen and oxygen atoms in total. The van der Waals surface area contributed by atoms with Gasteiger partial charge < -0.3 is 9.97 Å².